The van der Waals surface area contributed by atoms with Gasteiger partial charge in [0.15, 0.2) is 0 Å². The summed E-state index contributed by atoms with van der Waals surface area (Å²) in [5, 5.41) is 2.80. The molecule has 1 aliphatic rings. The van der Waals surface area contributed by atoms with Crippen LogP contribution in [0.5, 0.6) is 5.75 Å². The number of anilines is 1. The van der Waals surface area contributed by atoms with Crippen LogP contribution in [-0.4, -0.2) is 25.6 Å². The highest BCUT2D eigenvalue weighted by atomic mass is 16.5. The molecule has 5 heteroatoms. The van der Waals surface area contributed by atoms with E-state index in [0.29, 0.717) is 16.8 Å². The lowest BCUT2D eigenvalue weighted by atomic mass is 10.0. The average molecular weight is 311 g/mol. The van der Waals surface area contributed by atoms with Gasteiger partial charge in [0.25, 0.3) is 5.91 Å². The van der Waals surface area contributed by atoms with Gasteiger partial charge in [0, 0.05) is 11.3 Å². The van der Waals surface area contributed by atoms with Crippen molar-refractivity contribution in [1.29, 1.82) is 0 Å². The quantitative estimate of drug-likeness (QED) is 0.885. The number of amides is 1. The van der Waals surface area contributed by atoms with Crippen molar-refractivity contribution in [3.8, 4) is 5.75 Å². The Balaban J connectivity index is 1.78. The molecular weight excluding hydrogens is 294 g/mol. The van der Waals surface area contributed by atoms with Crippen LogP contribution in [0.2, 0.25) is 0 Å². The second kappa shape index (κ2) is 6.52. The van der Waals surface area contributed by atoms with E-state index in [-0.39, 0.29) is 5.91 Å². The molecule has 0 saturated heterocycles. The topological polar surface area (TPSA) is 64.6 Å². The Kier molecular flexibility index (Phi) is 4.28. The molecule has 0 atom stereocenters. The number of carbonyl (C=O) groups excluding carboxylic acids is 2. The number of methoxy groups -OCH3 is 1. The molecule has 0 aromatic heterocycles. The summed E-state index contributed by atoms with van der Waals surface area (Å²) in [6.07, 6.45) is 1.87. The molecule has 2 aromatic rings. The first-order chi connectivity index (χ1) is 11.2. The minimum Gasteiger partial charge on any atom is -0.493 e. The van der Waals surface area contributed by atoms with Crippen LogP contribution in [0.25, 0.3) is 0 Å². The summed E-state index contributed by atoms with van der Waals surface area (Å²) < 4.78 is 10.2. The number of benzene rings is 2. The van der Waals surface area contributed by atoms with Gasteiger partial charge in [0.2, 0.25) is 0 Å². The zero-order chi connectivity index (χ0) is 16.2. The summed E-state index contributed by atoms with van der Waals surface area (Å²) in [6.45, 7) is 0.721. The molecule has 0 spiro atoms. The van der Waals surface area contributed by atoms with E-state index in [0.717, 1.165) is 30.8 Å². The number of rotatable bonds is 3. The summed E-state index contributed by atoms with van der Waals surface area (Å²) in [5.41, 5.74) is 2.56. The maximum absolute atomic E-state index is 12.4. The van der Waals surface area contributed by atoms with Crippen molar-refractivity contribution >= 4 is 17.6 Å². The van der Waals surface area contributed by atoms with Gasteiger partial charge in [-0.3, -0.25) is 4.79 Å². The van der Waals surface area contributed by atoms with E-state index < -0.39 is 5.97 Å². The summed E-state index contributed by atoms with van der Waals surface area (Å²) in [6, 6.07) is 12.1. The zero-order valence-electron chi connectivity index (χ0n) is 12.8. The average Bonchev–Trinajstić information content (AvgIpc) is 2.60. The van der Waals surface area contributed by atoms with E-state index in [9.17, 15) is 9.59 Å². The molecule has 0 aliphatic carbocycles. The Morgan fingerprint density at radius 2 is 2.00 bits per heavy atom. The molecule has 1 heterocycles. The first kappa shape index (κ1) is 15.1. The Labute approximate surface area is 134 Å². The van der Waals surface area contributed by atoms with Crippen LogP contribution in [-0.2, 0) is 11.2 Å². The molecule has 0 bridgehead atoms. The SMILES string of the molecule is COC(=O)c1cccc(NC(=O)c2ccc3c(c2)CCCO3)c1. The Morgan fingerprint density at radius 1 is 1.13 bits per heavy atom. The number of nitrogens with one attached hydrogen (secondary N) is 1. The van der Waals surface area contributed by atoms with Crippen molar-refractivity contribution in [3.05, 3.63) is 59.2 Å². The molecule has 0 radical (unpaired) electrons. The third-order valence-corrected chi connectivity index (χ3v) is 3.71. The number of esters is 1. The Hall–Kier alpha value is -2.82. The highest BCUT2D eigenvalue weighted by molar-refractivity contribution is 6.05. The van der Waals surface area contributed by atoms with E-state index in [1.54, 1.807) is 30.3 Å². The summed E-state index contributed by atoms with van der Waals surface area (Å²) in [5.74, 6) is 0.188. The van der Waals surface area contributed by atoms with Gasteiger partial charge in [-0.05, 0) is 54.8 Å². The van der Waals surface area contributed by atoms with Crippen LogP contribution >= 0.6 is 0 Å². The monoisotopic (exact) mass is 311 g/mol. The van der Waals surface area contributed by atoms with Crippen LogP contribution in [0.15, 0.2) is 42.5 Å². The van der Waals surface area contributed by atoms with Gasteiger partial charge in [-0.2, -0.15) is 0 Å². The number of hydrogen-bond acceptors (Lipinski definition) is 4. The molecule has 1 amide bonds. The second-order valence-corrected chi connectivity index (χ2v) is 5.30. The number of carbonyl (C=O) groups is 2. The standard InChI is InChI=1S/C18H17NO4/c1-22-18(21)14-4-2-6-15(11-14)19-17(20)13-7-8-16-12(10-13)5-3-9-23-16/h2,4,6-8,10-11H,3,5,9H2,1H3,(H,19,20). The van der Waals surface area contributed by atoms with E-state index in [1.807, 2.05) is 12.1 Å². The third kappa shape index (κ3) is 3.34. The number of aryl methyl sites for hydroxylation is 1. The minimum absolute atomic E-state index is 0.222. The van der Waals surface area contributed by atoms with Gasteiger partial charge in [-0.25, -0.2) is 4.79 Å². The molecule has 5 nitrogen and oxygen atoms in total. The summed E-state index contributed by atoms with van der Waals surface area (Å²) in [4.78, 5) is 23.9. The first-order valence-electron chi connectivity index (χ1n) is 7.43. The van der Waals surface area contributed by atoms with Gasteiger partial charge in [-0.15, -0.1) is 0 Å². The highest BCUT2D eigenvalue weighted by Gasteiger charge is 2.14. The molecule has 118 valence electrons. The Bertz CT molecular complexity index is 754. The molecule has 1 aliphatic heterocycles. The van der Waals surface area contributed by atoms with Gasteiger partial charge >= 0.3 is 5.97 Å². The molecular formula is C18H17NO4. The van der Waals surface area contributed by atoms with Crippen molar-refractivity contribution in [3.63, 3.8) is 0 Å². The zero-order valence-corrected chi connectivity index (χ0v) is 12.8. The summed E-state index contributed by atoms with van der Waals surface area (Å²) >= 11 is 0. The predicted octanol–water partition coefficient (Wildman–Crippen LogP) is 3.05. The fourth-order valence-corrected chi connectivity index (χ4v) is 2.55. The van der Waals surface area contributed by atoms with E-state index in [4.69, 9.17) is 4.74 Å². The largest absolute Gasteiger partial charge is 0.493 e. The molecule has 0 unspecified atom stereocenters. The number of hydrogen-bond donors (Lipinski definition) is 1. The lowest BCUT2D eigenvalue weighted by Crippen LogP contribution is -2.14. The van der Waals surface area contributed by atoms with Crippen molar-refractivity contribution in [2.24, 2.45) is 0 Å². The van der Waals surface area contributed by atoms with Crippen LogP contribution in [0.4, 0.5) is 5.69 Å². The van der Waals surface area contributed by atoms with Crippen molar-refractivity contribution in [2.45, 2.75) is 12.8 Å². The molecule has 0 fully saturated rings. The summed E-state index contributed by atoms with van der Waals surface area (Å²) in [7, 11) is 1.32. The van der Waals surface area contributed by atoms with Crippen LogP contribution < -0.4 is 10.1 Å². The molecule has 1 N–H and O–H groups in total. The third-order valence-electron chi connectivity index (χ3n) is 3.71. The Morgan fingerprint density at radius 3 is 2.83 bits per heavy atom. The number of fused-ring (bicyclic) bond motifs is 1. The molecule has 0 saturated carbocycles. The normalized spacial score (nSPS) is 12.7. The maximum Gasteiger partial charge on any atom is 0.337 e. The fourth-order valence-electron chi connectivity index (χ4n) is 2.55. The molecule has 23 heavy (non-hydrogen) atoms. The van der Waals surface area contributed by atoms with Crippen molar-refractivity contribution in [2.75, 3.05) is 19.0 Å². The maximum atomic E-state index is 12.4. The molecule has 3 rings (SSSR count). The van der Waals surface area contributed by atoms with Gasteiger partial charge in [-0.1, -0.05) is 6.07 Å². The molecule has 2 aromatic carbocycles. The lowest BCUT2D eigenvalue weighted by Gasteiger charge is -2.17. The first-order valence-corrected chi connectivity index (χ1v) is 7.43. The smallest absolute Gasteiger partial charge is 0.337 e. The highest BCUT2D eigenvalue weighted by Crippen LogP contribution is 2.26. The van der Waals surface area contributed by atoms with E-state index >= 15 is 0 Å². The van der Waals surface area contributed by atoms with Gasteiger partial charge < -0.3 is 14.8 Å². The van der Waals surface area contributed by atoms with Crippen molar-refractivity contribution in [1.82, 2.24) is 0 Å². The number of ether oxygens (including phenoxy) is 2. The van der Waals surface area contributed by atoms with Crippen LogP contribution in [0, 0.1) is 0 Å². The van der Waals surface area contributed by atoms with Gasteiger partial charge in [0.1, 0.15) is 5.75 Å². The van der Waals surface area contributed by atoms with Crippen molar-refractivity contribution < 1.29 is 19.1 Å². The van der Waals surface area contributed by atoms with Crippen LogP contribution in [0.3, 0.4) is 0 Å². The van der Waals surface area contributed by atoms with E-state index in [1.165, 1.54) is 7.11 Å². The fraction of sp³-hybridized carbons (Fsp3) is 0.222. The lowest BCUT2D eigenvalue weighted by molar-refractivity contribution is 0.0600. The minimum atomic E-state index is -0.438. The van der Waals surface area contributed by atoms with Crippen LogP contribution in [0.1, 0.15) is 32.7 Å². The second-order valence-electron chi connectivity index (χ2n) is 5.30. The van der Waals surface area contributed by atoms with Gasteiger partial charge in [0.05, 0.1) is 19.3 Å². The predicted molar refractivity (Wildman–Crippen MR) is 86.0 cm³/mol. The van der Waals surface area contributed by atoms with E-state index in [2.05, 4.69) is 10.1 Å².